The normalized spacial score (nSPS) is 14.9. The lowest BCUT2D eigenvalue weighted by atomic mass is 9.82. The van der Waals surface area contributed by atoms with Crippen LogP contribution in [0.25, 0.3) is 0 Å². The number of hydrogen-bond acceptors (Lipinski definition) is 2. The van der Waals surface area contributed by atoms with Crippen molar-refractivity contribution in [2.45, 2.75) is 32.9 Å². The maximum absolute atomic E-state index is 13.8. The molecule has 0 heterocycles. The van der Waals surface area contributed by atoms with Crippen molar-refractivity contribution >= 4 is 28.3 Å². The summed E-state index contributed by atoms with van der Waals surface area (Å²) in [5.74, 6) is -1.51. The van der Waals surface area contributed by atoms with Gasteiger partial charge < -0.3 is 10.8 Å². The molecular weight excluding hydrogens is 327 g/mol. The summed E-state index contributed by atoms with van der Waals surface area (Å²) in [4.78, 5) is 0. The Kier molecular flexibility index (Phi) is 6.20. The van der Waals surface area contributed by atoms with Crippen LogP contribution in [-0.4, -0.2) is 11.2 Å². The van der Waals surface area contributed by atoms with E-state index in [2.05, 4.69) is 15.9 Å². The lowest BCUT2D eigenvalue weighted by molar-refractivity contribution is 0.0381. The number of aliphatic hydroxyl groups excluding tert-OH is 1. The summed E-state index contributed by atoms with van der Waals surface area (Å²) in [6.07, 6.45) is -1.04. The fourth-order valence-electron chi connectivity index (χ4n) is 1.54. The Labute approximate surface area is 120 Å². The number of benzene rings is 1. The molecule has 0 fully saturated rings. The highest BCUT2D eigenvalue weighted by atomic mass is 79.9. The van der Waals surface area contributed by atoms with Gasteiger partial charge in [0.15, 0.2) is 0 Å². The fraction of sp³-hybridized carbons (Fsp3) is 0.500. The number of halogens is 4. The Bertz CT molecular complexity index is 423. The third-order valence-electron chi connectivity index (χ3n) is 2.64. The first-order valence-corrected chi connectivity index (χ1v) is 6.02. The zero-order valence-corrected chi connectivity index (χ0v) is 12.8. The first-order valence-electron chi connectivity index (χ1n) is 5.23. The van der Waals surface area contributed by atoms with Crippen molar-refractivity contribution in [3.63, 3.8) is 0 Å². The van der Waals surface area contributed by atoms with E-state index in [4.69, 9.17) is 5.73 Å². The van der Waals surface area contributed by atoms with Gasteiger partial charge in [0.05, 0.1) is 16.6 Å². The molecule has 3 N–H and O–H groups in total. The molecule has 0 aromatic heterocycles. The SMILES string of the molecule is CC(C)(C)[C@@H](O)[C@@H](N)c1c(F)ccc(Br)c1F.Cl. The average molecular weight is 345 g/mol. The van der Waals surface area contributed by atoms with Crippen LogP contribution in [0.3, 0.4) is 0 Å². The molecule has 0 spiro atoms. The predicted octanol–water partition coefficient (Wildman–Crippen LogP) is 3.56. The molecule has 18 heavy (non-hydrogen) atoms. The van der Waals surface area contributed by atoms with Gasteiger partial charge >= 0.3 is 0 Å². The Hall–Kier alpha value is -0.230. The number of hydrogen-bond donors (Lipinski definition) is 2. The van der Waals surface area contributed by atoms with Crippen molar-refractivity contribution in [3.8, 4) is 0 Å². The zero-order chi connectivity index (χ0) is 13.4. The molecule has 0 aliphatic carbocycles. The molecule has 0 radical (unpaired) electrons. The summed E-state index contributed by atoms with van der Waals surface area (Å²) in [6, 6.07) is 1.29. The molecule has 0 aliphatic heterocycles. The van der Waals surface area contributed by atoms with Gasteiger partial charge in [-0.3, -0.25) is 0 Å². The molecule has 2 atom stereocenters. The third-order valence-corrected chi connectivity index (χ3v) is 3.25. The number of rotatable bonds is 2. The van der Waals surface area contributed by atoms with Crippen LogP contribution in [0, 0.1) is 17.0 Å². The van der Waals surface area contributed by atoms with Crippen molar-refractivity contribution < 1.29 is 13.9 Å². The molecule has 6 heteroatoms. The van der Waals surface area contributed by atoms with Gasteiger partial charge in [-0.15, -0.1) is 12.4 Å². The van der Waals surface area contributed by atoms with Crippen molar-refractivity contribution in [1.29, 1.82) is 0 Å². The summed E-state index contributed by atoms with van der Waals surface area (Å²) in [5, 5.41) is 9.97. The third kappa shape index (κ3) is 3.63. The smallest absolute Gasteiger partial charge is 0.145 e. The fourth-order valence-corrected chi connectivity index (χ4v) is 1.89. The first-order chi connectivity index (χ1) is 7.66. The molecule has 2 nitrogen and oxygen atoms in total. The minimum Gasteiger partial charge on any atom is -0.391 e. The molecule has 0 saturated carbocycles. The molecule has 1 aromatic carbocycles. The minimum atomic E-state index is -1.10. The van der Waals surface area contributed by atoms with Crippen LogP contribution < -0.4 is 5.73 Å². The molecule has 104 valence electrons. The van der Waals surface area contributed by atoms with E-state index in [1.54, 1.807) is 20.8 Å². The molecule has 0 amide bonds. The lowest BCUT2D eigenvalue weighted by Gasteiger charge is -2.31. The second-order valence-electron chi connectivity index (χ2n) is 5.09. The largest absolute Gasteiger partial charge is 0.391 e. The van der Waals surface area contributed by atoms with E-state index in [1.807, 2.05) is 0 Å². The van der Waals surface area contributed by atoms with Crippen molar-refractivity contribution in [2.24, 2.45) is 11.1 Å². The van der Waals surface area contributed by atoms with Gasteiger partial charge in [-0.1, -0.05) is 20.8 Å². The van der Waals surface area contributed by atoms with Gasteiger partial charge in [0.25, 0.3) is 0 Å². The van der Waals surface area contributed by atoms with Gasteiger partial charge in [-0.2, -0.15) is 0 Å². The van der Waals surface area contributed by atoms with E-state index in [1.165, 1.54) is 6.07 Å². The Morgan fingerprint density at radius 1 is 1.28 bits per heavy atom. The highest BCUT2D eigenvalue weighted by molar-refractivity contribution is 9.10. The minimum absolute atomic E-state index is 0. The highest BCUT2D eigenvalue weighted by Crippen LogP contribution is 2.33. The second-order valence-corrected chi connectivity index (χ2v) is 5.95. The molecule has 0 unspecified atom stereocenters. The van der Waals surface area contributed by atoms with Gasteiger partial charge in [-0.25, -0.2) is 8.78 Å². The van der Waals surface area contributed by atoms with Gasteiger partial charge in [0.1, 0.15) is 11.6 Å². The maximum atomic E-state index is 13.8. The van der Waals surface area contributed by atoms with E-state index < -0.39 is 29.2 Å². The zero-order valence-electron chi connectivity index (χ0n) is 10.4. The standard InChI is InChI=1S/C12H16BrF2NO.ClH/c1-12(2,3)11(17)10(16)8-7(14)5-4-6(13)9(8)15;/h4-5,10-11,17H,16H2,1-3H3;1H/t10-,11-;/m0./s1. The van der Waals surface area contributed by atoms with Crippen LogP contribution in [-0.2, 0) is 0 Å². The molecule has 0 bridgehead atoms. The van der Waals surface area contributed by atoms with Crippen LogP contribution in [0.4, 0.5) is 8.78 Å². The van der Waals surface area contributed by atoms with Gasteiger partial charge in [-0.05, 0) is 33.5 Å². The van der Waals surface area contributed by atoms with Gasteiger partial charge in [0, 0.05) is 5.56 Å². The van der Waals surface area contributed by atoms with E-state index in [-0.39, 0.29) is 22.4 Å². The lowest BCUT2D eigenvalue weighted by Crippen LogP contribution is -2.38. The summed E-state index contributed by atoms with van der Waals surface area (Å²) in [7, 11) is 0. The molecular formula is C12H17BrClF2NO. The predicted molar refractivity (Wildman–Crippen MR) is 73.7 cm³/mol. The second kappa shape index (κ2) is 6.28. The van der Waals surface area contributed by atoms with E-state index >= 15 is 0 Å². The van der Waals surface area contributed by atoms with Crippen molar-refractivity contribution in [3.05, 3.63) is 33.8 Å². The highest BCUT2D eigenvalue weighted by Gasteiger charge is 2.32. The van der Waals surface area contributed by atoms with E-state index in [9.17, 15) is 13.9 Å². The average Bonchev–Trinajstić information content (AvgIpc) is 2.21. The maximum Gasteiger partial charge on any atom is 0.145 e. The summed E-state index contributed by atoms with van der Waals surface area (Å²) < 4.78 is 27.5. The molecule has 1 rings (SSSR count). The molecule has 0 aliphatic rings. The summed E-state index contributed by atoms with van der Waals surface area (Å²) in [6.45, 7) is 5.27. The van der Waals surface area contributed by atoms with Crippen LogP contribution in [0.2, 0.25) is 0 Å². The van der Waals surface area contributed by atoms with Gasteiger partial charge in [0.2, 0.25) is 0 Å². The first kappa shape index (κ1) is 17.8. The number of aliphatic hydroxyl groups is 1. The Balaban J connectivity index is 0.00000289. The molecule has 1 aromatic rings. The van der Waals surface area contributed by atoms with Crippen LogP contribution >= 0.6 is 28.3 Å². The van der Waals surface area contributed by atoms with Crippen LogP contribution in [0.15, 0.2) is 16.6 Å². The molecule has 0 saturated heterocycles. The summed E-state index contributed by atoms with van der Waals surface area (Å²) >= 11 is 2.97. The topological polar surface area (TPSA) is 46.2 Å². The van der Waals surface area contributed by atoms with E-state index in [0.717, 1.165) is 6.07 Å². The Morgan fingerprint density at radius 2 is 1.78 bits per heavy atom. The number of nitrogens with two attached hydrogens (primary N) is 1. The monoisotopic (exact) mass is 343 g/mol. The van der Waals surface area contributed by atoms with E-state index in [0.29, 0.717) is 0 Å². The quantitative estimate of drug-likeness (QED) is 0.806. The van der Waals surface area contributed by atoms with Crippen LogP contribution in [0.1, 0.15) is 32.4 Å². The van der Waals surface area contributed by atoms with Crippen LogP contribution in [0.5, 0.6) is 0 Å². The summed E-state index contributed by atoms with van der Waals surface area (Å²) in [5.41, 5.74) is 4.90. The van der Waals surface area contributed by atoms with Crippen molar-refractivity contribution in [1.82, 2.24) is 0 Å². The van der Waals surface area contributed by atoms with Crippen molar-refractivity contribution in [2.75, 3.05) is 0 Å². The Morgan fingerprint density at radius 3 is 2.22 bits per heavy atom.